The van der Waals surface area contributed by atoms with Crippen LogP contribution in [0, 0.1) is 5.82 Å². The van der Waals surface area contributed by atoms with E-state index in [4.69, 9.17) is 21.4 Å². The van der Waals surface area contributed by atoms with Crippen LogP contribution in [0.5, 0.6) is 5.75 Å². The molecular formula is C14H10ClFO3. The van der Waals surface area contributed by atoms with E-state index in [0.717, 1.165) is 0 Å². The van der Waals surface area contributed by atoms with E-state index in [2.05, 4.69) is 0 Å². The molecule has 1 N–H and O–H groups in total. The molecule has 2 rings (SSSR count). The van der Waals surface area contributed by atoms with Crippen molar-refractivity contribution < 1.29 is 19.0 Å². The fourth-order valence-electron chi connectivity index (χ4n) is 1.76. The largest absolute Gasteiger partial charge is 0.496 e. The van der Waals surface area contributed by atoms with Crippen LogP contribution < -0.4 is 4.74 Å². The van der Waals surface area contributed by atoms with Gasteiger partial charge in [-0.05, 0) is 30.3 Å². The molecule has 0 amide bonds. The van der Waals surface area contributed by atoms with Crippen molar-refractivity contribution in [1.29, 1.82) is 0 Å². The molecule has 98 valence electrons. The Morgan fingerprint density at radius 3 is 2.53 bits per heavy atom. The van der Waals surface area contributed by atoms with Gasteiger partial charge in [0.25, 0.3) is 0 Å². The van der Waals surface area contributed by atoms with E-state index in [1.54, 1.807) is 0 Å². The zero-order valence-corrected chi connectivity index (χ0v) is 10.7. The molecule has 0 fully saturated rings. The molecular weight excluding hydrogens is 271 g/mol. The van der Waals surface area contributed by atoms with Crippen LogP contribution in [0.4, 0.5) is 4.39 Å². The Morgan fingerprint density at radius 1 is 1.21 bits per heavy atom. The van der Waals surface area contributed by atoms with Crippen LogP contribution in [-0.4, -0.2) is 18.2 Å². The lowest BCUT2D eigenvalue weighted by Gasteiger charge is -2.10. The molecule has 0 radical (unpaired) electrons. The quantitative estimate of drug-likeness (QED) is 0.929. The summed E-state index contributed by atoms with van der Waals surface area (Å²) in [4.78, 5) is 10.8. The molecule has 2 aromatic carbocycles. The second-order valence-corrected chi connectivity index (χ2v) is 4.25. The Hall–Kier alpha value is -2.07. The van der Waals surface area contributed by atoms with Crippen molar-refractivity contribution in [2.24, 2.45) is 0 Å². The number of carboxylic acids is 1. The minimum absolute atomic E-state index is 0.0733. The third kappa shape index (κ3) is 2.69. The van der Waals surface area contributed by atoms with Crippen LogP contribution in [0.2, 0.25) is 5.02 Å². The molecule has 0 bridgehead atoms. The van der Waals surface area contributed by atoms with Crippen LogP contribution in [0.3, 0.4) is 0 Å². The summed E-state index contributed by atoms with van der Waals surface area (Å²) in [6, 6.07) is 8.33. The summed E-state index contributed by atoms with van der Waals surface area (Å²) in [7, 11) is 1.47. The Morgan fingerprint density at radius 2 is 1.95 bits per heavy atom. The molecule has 0 atom stereocenters. The molecule has 0 aliphatic rings. The Balaban J connectivity index is 2.59. The second-order valence-electron chi connectivity index (χ2n) is 3.84. The van der Waals surface area contributed by atoms with E-state index < -0.39 is 11.8 Å². The molecule has 0 spiro atoms. The van der Waals surface area contributed by atoms with Crippen molar-refractivity contribution in [2.45, 2.75) is 0 Å². The maximum Gasteiger partial charge on any atom is 0.335 e. The lowest BCUT2D eigenvalue weighted by Crippen LogP contribution is -1.96. The lowest BCUT2D eigenvalue weighted by atomic mass is 10.0. The minimum Gasteiger partial charge on any atom is -0.496 e. The standard InChI is InChI=1S/C14H10ClFO3/c1-19-13-5-3-9(16)7-11(13)10-4-2-8(14(17)18)6-12(10)15/h2-7H,1H3,(H,17,18). The summed E-state index contributed by atoms with van der Waals surface area (Å²) < 4.78 is 18.5. The Kier molecular flexibility index (Phi) is 3.71. The number of methoxy groups -OCH3 is 1. The number of hydrogen-bond acceptors (Lipinski definition) is 2. The van der Waals surface area contributed by atoms with Crippen LogP contribution >= 0.6 is 11.6 Å². The van der Waals surface area contributed by atoms with Gasteiger partial charge in [0.15, 0.2) is 0 Å². The summed E-state index contributed by atoms with van der Waals surface area (Å²) in [5, 5.41) is 9.10. The van der Waals surface area contributed by atoms with Gasteiger partial charge in [0, 0.05) is 16.1 Å². The van der Waals surface area contributed by atoms with Crippen molar-refractivity contribution in [3.8, 4) is 16.9 Å². The Bertz CT molecular complexity index is 641. The first kappa shape index (κ1) is 13.4. The first-order valence-electron chi connectivity index (χ1n) is 5.39. The number of hydrogen-bond donors (Lipinski definition) is 1. The molecule has 0 saturated heterocycles. The van der Waals surface area contributed by atoms with Gasteiger partial charge in [-0.15, -0.1) is 0 Å². The molecule has 0 aromatic heterocycles. The zero-order valence-electron chi connectivity index (χ0n) is 9.98. The average Bonchev–Trinajstić information content (AvgIpc) is 2.38. The topological polar surface area (TPSA) is 46.5 Å². The predicted molar refractivity (Wildman–Crippen MR) is 70.4 cm³/mol. The van der Waals surface area contributed by atoms with E-state index in [1.807, 2.05) is 0 Å². The summed E-state index contributed by atoms with van der Waals surface area (Å²) in [6.07, 6.45) is 0. The van der Waals surface area contributed by atoms with Crippen LogP contribution in [0.25, 0.3) is 11.1 Å². The molecule has 0 unspecified atom stereocenters. The minimum atomic E-state index is -1.07. The molecule has 0 heterocycles. The second kappa shape index (κ2) is 5.28. The molecule has 2 aromatic rings. The summed E-state index contributed by atoms with van der Waals surface area (Å²) >= 11 is 6.05. The number of aromatic carboxylic acids is 1. The molecule has 19 heavy (non-hydrogen) atoms. The highest BCUT2D eigenvalue weighted by Crippen LogP contribution is 2.35. The lowest BCUT2D eigenvalue weighted by molar-refractivity contribution is 0.0697. The van der Waals surface area contributed by atoms with Gasteiger partial charge < -0.3 is 9.84 Å². The van der Waals surface area contributed by atoms with Gasteiger partial charge in [0.1, 0.15) is 11.6 Å². The molecule has 0 saturated carbocycles. The number of carboxylic acid groups (broad SMARTS) is 1. The highest BCUT2D eigenvalue weighted by molar-refractivity contribution is 6.33. The average molecular weight is 281 g/mol. The number of carbonyl (C=O) groups is 1. The van der Waals surface area contributed by atoms with E-state index in [-0.39, 0.29) is 10.6 Å². The number of halogens is 2. The van der Waals surface area contributed by atoms with E-state index in [9.17, 15) is 9.18 Å². The first-order chi connectivity index (χ1) is 9.02. The van der Waals surface area contributed by atoms with Gasteiger partial charge in [-0.2, -0.15) is 0 Å². The Labute approximate surface area is 114 Å². The molecule has 0 aliphatic heterocycles. The van der Waals surface area contributed by atoms with Crippen LogP contribution in [0.15, 0.2) is 36.4 Å². The first-order valence-corrected chi connectivity index (χ1v) is 5.77. The molecule has 5 heteroatoms. The highest BCUT2D eigenvalue weighted by Gasteiger charge is 2.13. The monoisotopic (exact) mass is 280 g/mol. The van der Waals surface area contributed by atoms with Gasteiger partial charge in [0.2, 0.25) is 0 Å². The molecule has 3 nitrogen and oxygen atoms in total. The fourth-order valence-corrected chi connectivity index (χ4v) is 2.04. The van der Waals surface area contributed by atoms with Crippen LogP contribution in [-0.2, 0) is 0 Å². The van der Waals surface area contributed by atoms with Crippen molar-refractivity contribution in [1.82, 2.24) is 0 Å². The van der Waals surface area contributed by atoms with E-state index >= 15 is 0 Å². The van der Waals surface area contributed by atoms with E-state index in [0.29, 0.717) is 16.9 Å². The fraction of sp³-hybridized carbons (Fsp3) is 0.0714. The number of benzene rings is 2. The number of rotatable bonds is 3. The summed E-state index contributed by atoms with van der Waals surface area (Å²) in [6.45, 7) is 0. The van der Waals surface area contributed by atoms with Gasteiger partial charge in [-0.1, -0.05) is 17.7 Å². The van der Waals surface area contributed by atoms with Crippen molar-refractivity contribution in [2.75, 3.05) is 7.11 Å². The SMILES string of the molecule is COc1ccc(F)cc1-c1ccc(C(=O)O)cc1Cl. The van der Waals surface area contributed by atoms with Crippen LogP contribution in [0.1, 0.15) is 10.4 Å². The van der Waals surface area contributed by atoms with Gasteiger partial charge in [-0.25, -0.2) is 9.18 Å². The summed E-state index contributed by atoms with van der Waals surface area (Å²) in [5.41, 5.74) is 1.07. The maximum absolute atomic E-state index is 13.3. The van der Waals surface area contributed by atoms with Gasteiger partial charge in [-0.3, -0.25) is 0 Å². The van der Waals surface area contributed by atoms with Crippen molar-refractivity contribution in [3.05, 3.63) is 52.8 Å². The van der Waals surface area contributed by atoms with Crippen molar-refractivity contribution >= 4 is 17.6 Å². The number of ether oxygens (including phenoxy) is 1. The highest BCUT2D eigenvalue weighted by atomic mass is 35.5. The van der Waals surface area contributed by atoms with Crippen molar-refractivity contribution in [3.63, 3.8) is 0 Å². The smallest absolute Gasteiger partial charge is 0.335 e. The summed E-state index contributed by atoms with van der Waals surface area (Å²) in [5.74, 6) is -1.03. The van der Waals surface area contributed by atoms with E-state index in [1.165, 1.54) is 43.5 Å². The third-order valence-corrected chi connectivity index (χ3v) is 2.98. The molecule has 0 aliphatic carbocycles. The van der Waals surface area contributed by atoms with Gasteiger partial charge >= 0.3 is 5.97 Å². The zero-order chi connectivity index (χ0) is 14.0. The maximum atomic E-state index is 13.3. The normalized spacial score (nSPS) is 10.3. The predicted octanol–water partition coefficient (Wildman–Crippen LogP) is 3.85. The van der Waals surface area contributed by atoms with Gasteiger partial charge in [0.05, 0.1) is 12.7 Å². The third-order valence-electron chi connectivity index (χ3n) is 2.67.